The van der Waals surface area contributed by atoms with E-state index in [4.69, 9.17) is 11.6 Å². The number of anilines is 2. The molecule has 0 aromatic heterocycles. The molecule has 0 saturated heterocycles. The highest BCUT2D eigenvalue weighted by Crippen LogP contribution is 2.32. The number of hydrogen-bond donors (Lipinski definition) is 1. The first-order chi connectivity index (χ1) is 11.6. The molecule has 1 N–H and O–H groups in total. The molecule has 3 rings (SSSR count). The zero-order valence-electron chi connectivity index (χ0n) is 13.0. The van der Waals surface area contributed by atoms with Crippen LogP contribution in [-0.2, 0) is 26.5 Å². The van der Waals surface area contributed by atoms with E-state index in [1.807, 2.05) is 0 Å². The summed E-state index contributed by atoms with van der Waals surface area (Å²) in [5.74, 6) is -0.650. The highest BCUT2D eigenvalue weighted by atomic mass is 35.5. The highest BCUT2D eigenvalue weighted by Gasteiger charge is 2.27. The first-order valence-corrected chi connectivity index (χ1v) is 10.9. The van der Waals surface area contributed by atoms with Crippen molar-refractivity contribution in [1.82, 2.24) is 0 Å². The highest BCUT2D eigenvalue weighted by molar-refractivity contribution is 7.92. The fourth-order valence-corrected chi connectivity index (χ4v) is 4.87. The van der Waals surface area contributed by atoms with Gasteiger partial charge in [0.1, 0.15) is 5.82 Å². The van der Waals surface area contributed by atoms with Crippen molar-refractivity contribution >= 4 is 43.0 Å². The van der Waals surface area contributed by atoms with Crippen molar-refractivity contribution in [3.8, 4) is 0 Å². The average molecular weight is 405 g/mol. The predicted molar refractivity (Wildman–Crippen MR) is 94.6 cm³/mol. The van der Waals surface area contributed by atoms with E-state index in [0.29, 0.717) is 17.7 Å². The third-order valence-corrected chi connectivity index (χ3v) is 6.63. The van der Waals surface area contributed by atoms with E-state index in [1.165, 1.54) is 34.6 Å². The van der Waals surface area contributed by atoms with Crippen LogP contribution in [0.1, 0.15) is 5.56 Å². The number of benzene rings is 2. The molecule has 2 aromatic rings. The molecule has 0 bridgehead atoms. The SMILES string of the molecule is CS(=O)(=O)N1CCc2cc(S(=O)(=O)Nc3ccc(F)c(Cl)c3)ccc21. The zero-order chi connectivity index (χ0) is 18.4. The number of fused-ring (bicyclic) bond motifs is 1. The molecule has 6 nitrogen and oxygen atoms in total. The Morgan fingerprint density at radius 2 is 1.84 bits per heavy atom. The molecule has 10 heteroatoms. The minimum Gasteiger partial charge on any atom is -0.280 e. The summed E-state index contributed by atoms with van der Waals surface area (Å²) in [4.78, 5) is -0.0120. The number of nitrogens with zero attached hydrogens (tertiary/aromatic N) is 1. The first kappa shape index (κ1) is 18.0. The topological polar surface area (TPSA) is 83.6 Å². The van der Waals surface area contributed by atoms with Gasteiger partial charge in [0.05, 0.1) is 27.5 Å². The van der Waals surface area contributed by atoms with Gasteiger partial charge in [0, 0.05) is 6.54 Å². The van der Waals surface area contributed by atoms with Crippen molar-refractivity contribution in [2.45, 2.75) is 11.3 Å². The summed E-state index contributed by atoms with van der Waals surface area (Å²) < 4.78 is 65.2. The minimum absolute atomic E-state index is 0.0120. The minimum atomic E-state index is -3.92. The Hall–Kier alpha value is -1.84. The van der Waals surface area contributed by atoms with Gasteiger partial charge in [-0.2, -0.15) is 0 Å². The number of halogens is 2. The van der Waals surface area contributed by atoms with Gasteiger partial charge in [0.2, 0.25) is 10.0 Å². The average Bonchev–Trinajstić information content (AvgIpc) is 2.94. The van der Waals surface area contributed by atoms with E-state index < -0.39 is 25.9 Å². The lowest BCUT2D eigenvalue weighted by Gasteiger charge is -2.16. The molecule has 25 heavy (non-hydrogen) atoms. The van der Waals surface area contributed by atoms with Crippen molar-refractivity contribution in [3.05, 3.63) is 52.8 Å². The van der Waals surface area contributed by atoms with Crippen molar-refractivity contribution in [1.29, 1.82) is 0 Å². The molecule has 0 unspecified atom stereocenters. The van der Waals surface area contributed by atoms with Gasteiger partial charge in [-0.05, 0) is 48.4 Å². The van der Waals surface area contributed by atoms with Crippen molar-refractivity contribution in [3.63, 3.8) is 0 Å². The van der Waals surface area contributed by atoms with Crippen LogP contribution in [0.5, 0.6) is 0 Å². The van der Waals surface area contributed by atoms with Crippen LogP contribution in [0.3, 0.4) is 0 Å². The van der Waals surface area contributed by atoms with Crippen LogP contribution in [0, 0.1) is 5.82 Å². The van der Waals surface area contributed by atoms with E-state index >= 15 is 0 Å². The van der Waals surface area contributed by atoms with Crippen LogP contribution in [0.25, 0.3) is 0 Å². The first-order valence-electron chi connectivity index (χ1n) is 7.16. The summed E-state index contributed by atoms with van der Waals surface area (Å²) in [5, 5.41) is -0.196. The third-order valence-electron chi connectivity index (χ3n) is 3.79. The molecule has 0 saturated carbocycles. The van der Waals surface area contributed by atoms with E-state index in [2.05, 4.69) is 4.72 Å². The van der Waals surface area contributed by atoms with Gasteiger partial charge in [-0.1, -0.05) is 11.6 Å². The van der Waals surface area contributed by atoms with Gasteiger partial charge in [-0.15, -0.1) is 0 Å². The maximum atomic E-state index is 13.2. The van der Waals surface area contributed by atoms with E-state index in [1.54, 1.807) is 0 Å². The lowest BCUT2D eigenvalue weighted by Crippen LogP contribution is -2.27. The van der Waals surface area contributed by atoms with Gasteiger partial charge >= 0.3 is 0 Å². The van der Waals surface area contributed by atoms with Crippen LogP contribution in [0.2, 0.25) is 5.02 Å². The Bertz CT molecular complexity index is 1060. The second-order valence-corrected chi connectivity index (χ2v) is 9.61. The van der Waals surface area contributed by atoms with Gasteiger partial charge in [-0.25, -0.2) is 21.2 Å². The molecule has 1 aliphatic rings. The summed E-state index contributed by atoms with van der Waals surface area (Å²) >= 11 is 5.65. The summed E-state index contributed by atoms with van der Waals surface area (Å²) in [6, 6.07) is 7.73. The molecule has 0 atom stereocenters. The molecule has 0 amide bonds. The predicted octanol–water partition coefficient (Wildman–Crippen LogP) is 2.60. The van der Waals surface area contributed by atoms with Crippen molar-refractivity contribution < 1.29 is 21.2 Å². The fourth-order valence-electron chi connectivity index (χ4n) is 2.63. The lowest BCUT2D eigenvalue weighted by molar-refractivity contribution is 0.597. The second kappa shape index (κ2) is 6.15. The van der Waals surface area contributed by atoms with Gasteiger partial charge in [0.25, 0.3) is 10.0 Å². The van der Waals surface area contributed by atoms with Crippen molar-refractivity contribution in [2.75, 3.05) is 21.8 Å². The Labute approximate surface area is 150 Å². The quantitative estimate of drug-likeness (QED) is 0.848. The molecular weight excluding hydrogens is 391 g/mol. The summed E-state index contributed by atoms with van der Waals surface area (Å²) in [6.07, 6.45) is 1.53. The summed E-state index contributed by atoms with van der Waals surface area (Å²) in [5.41, 5.74) is 1.24. The largest absolute Gasteiger partial charge is 0.280 e. The number of nitrogens with one attached hydrogen (secondary N) is 1. The number of sulfonamides is 2. The standard InChI is InChI=1S/C15H14ClFN2O4S2/c1-24(20,21)19-7-6-10-8-12(3-5-15(10)19)25(22,23)18-11-2-4-14(17)13(16)9-11/h2-5,8-9,18H,6-7H2,1H3. The maximum absolute atomic E-state index is 13.2. The van der Waals surface area contributed by atoms with Crippen molar-refractivity contribution in [2.24, 2.45) is 0 Å². The van der Waals surface area contributed by atoms with Gasteiger partial charge in [0.15, 0.2) is 0 Å². The Morgan fingerprint density at radius 1 is 1.12 bits per heavy atom. The van der Waals surface area contributed by atoms with Gasteiger partial charge in [-0.3, -0.25) is 9.03 Å². The van der Waals surface area contributed by atoms with Crippen LogP contribution in [0.15, 0.2) is 41.3 Å². The molecule has 134 valence electrons. The molecule has 0 radical (unpaired) electrons. The third kappa shape index (κ3) is 3.58. The normalized spacial score (nSPS) is 14.4. The Kier molecular flexibility index (Phi) is 4.42. The fraction of sp³-hybridized carbons (Fsp3) is 0.200. The van der Waals surface area contributed by atoms with E-state index in [0.717, 1.165) is 12.3 Å². The maximum Gasteiger partial charge on any atom is 0.261 e. The number of hydrogen-bond acceptors (Lipinski definition) is 4. The Morgan fingerprint density at radius 3 is 2.48 bits per heavy atom. The van der Waals surface area contributed by atoms with Crippen LogP contribution in [0.4, 0.5) is 15.8 Å². The smallest absolute Gasteiger partial charge is 0.261 e. The van der Waals surface area contributed by atoms with Crippen LogP contribution >= 0.6 is 11.6 Å². The van der Waals surface area contributed by atoms with Crippen LogP contribution in [-0.4, -0.2) is 29.6 Å². The molecule has 0 spiro atoms. The van der Waals surface area contributed by atoms with E-state index in [9.17, 15) is 21.2 Å². The zero-order valence-corrected chi connectivity index (χ0v) is 15.4. The monoisotopic (exact) mass is 404 g/mol. The van der Waals surface area contributed by atoms with E-state index in [-0.39, 0.29) is 22.2 Å². The van der Waals surface area contributed by atoms with Crippen LogP contribution < -0.4 is 9.03 Å². The molecule has 1 heterocycles. The van der Waals surface area contributed by atoms with Gasteiger partial charge < -0.3 is 0 Å². The summed E-state index contributed by atoms with van der Waals surface area (Å²) in [6.45, 7) is 0.276. The second-order valence-electron chi connectivity index (χ2n) is 5.61. The molecule has 0 fully saturated rings. The number of rotatable bonds is 4. The Balaban J connectivity index is 1.93. The molecule has 0 aliphatic carbocycles. The molecular formula is C15H14ClFN2O4S2. The lowest BCUT2D eigenvalue weighted by atomic mass is 10.2. The molecule has 1 aliphatic heterocycles. The molecule has 2 aromatic carbocycles. The summed E-state index contributed by atoms with van der Waals surface area (Å²) in [7, 11) is -7.32.